The molecule has 0 atom stereocenters. The van der Waals surface area contributed by atoms with Gasteiger partial charge < -0.3 is 14.5 Å². The van der Waals surface area contributed by atoms with Gasteiger partial charge in [-0.05, 0) is 25.5 Å². The second kappa shape index (κ2) is 8.35. The van der Waals surface area contributed by atoms with Gasteiger partial charge in [-0.3, -0.25) is 13.5 Å². The second-order valence-electron chi connectivity index (χ2n) is 6.17. The maximum absolute atomic E-state index is 12.4. The average Bonchev–Trinajstić information content (AvgIpc) is 2.98. The molecule has 140 valence electrons. The molecule has 7 nitrogen and oxygen atoms in total. The minimum Gasteiger partial charge on any atom is -0.450 e. The van der Waals surface area contributed by atoms with Gasteiger partial charge in [0.15, 0.2) is 0 Å². The second-order valence-corrected chi connectivity index (χ2v) is 7.23. The summed E-state index contributed by atoms with van der Waals surface area (Å²) in [5, 5.41) is 0.735. The van der Waals surface area contributed by atoms with Gasteiger partial charge in [0.2, 0.25) is 5.91 Å². The summed E-state index contributed by atoms with van der Waals surface area (Å²) in [6, 6.07) is 7.55. The fourth-order valence-corrected chi connectivity index (χ4v) is 4.08. The van der Waals surface area contributed by atoms with Crippen molar-refractivity contribution in [3.05, 3.63) is 34.6 Å². The molecule has 0 saturated carbocycles. The smallest absolute Gasteiger partial charge is 0.409 e. The van der Waals surface area contributed by atoms with Crippen LogP contribution in [0.1, 0.15) is 19.8 Å². The Morgan fingerprint density at radius 1 is 1.12 bits per heavy atom. The minimum absolute atomic E-state index is 0.0149. The van der Waals surface area contributed by atoms with Gasteiger partial charge in [-0.2, -0.15) is 0 Å². The van der Waals surface area contributed by atoms with Gasteiger partial charge in [0.25, 0.3) is 5.56 Å². The molecule has 2 aromatic rings. The Morgan fingerprint density at radius 2 is 1.81 bits per heavy atom. The molecule has 1 aromatic heterocycles. The summed E-state index contributed by atoms with van der Waals surface area (Å²) in [7, 11) is 0. The molecule has 0 bridgehead atoms. The zero-order valence-corrected chi connectivity index (χ0v) is 15.7. The SMILES string of the molecule is CCOC(=O)N1CCN(C(=O)CCCn2sc3ccccc3c2=O)CC1. The number of aromatic nitrogens is 1. The van der Waals surface area contributed by atoms with Gasteiger partial charge in [0, 0.05) is 39.1 Å². The van der Waals surface area contributed by atoms with Crippen molar-refractivity contribution in [3.63, 3.8) is 0 Å². The van der Waals surface area contributed by atoms with Crippen molar-refractivity contribution in [1.82, 2.24) is 13.8 Å². The highest BCUT2D eigenvalue weighted by molar-refractivity contribution is 7.13. The van der Waals surface area contributed by atoms with Gasteiger partial charge in [0.1, 0.15) is 0 Å². The number of carbonyl (C=O) groups is 2. The Labute approximate surface area is 155 Å². The molecule has 26 heavy (non-hydrogen) atoms. The quantitative estimate of drug-likeness (QED) is 0.800. The Bertz CT molecular complexity index is 836. The number of benzene rings is 1. The number of hydrogen-bond donors (Lipinski definition) is 0. The number of nitrogens with zero attached hydrogens (tertiary/aromatic N) is 3. The monoisotopic (exact) mass is 377 g/mol. The van der Waals surface area contributed by atoms with Crippen LogP contribution in [0, 0.1) is 0 Å². The molecule has 8 heteroatoms. The van der Waals surface area contributed by atoms with E-state index < -0.39 is 0 Å². The van der Waals surface area contributed by atoms with Crippen LogP contribution in [-0.2, 0) is 16.1 Å². The number of amides is 2. The van der Waals surface area contributed by atoms with Crippen molar-refractivity contribution in [2.45, 2.75) is 26.3 Å². The van der Waals surface area contributed by atoms with E-state index in [9.17, 15) is 14.4 Å². The summed E-state index contributed by atoms with van der Waals surface area (Å²) in [6.45, 7) is 4.74. The molecular formula is C18H23N3O4S. The molecule has 0 aliphatic carbocycles. The molecule has 0 unspecified atom stereocenters. The highest BCUT2D eigenvalue weighted by Crippen LogP contribution is 2.16. The number of hydrogen-bond acceptors (Lipinski definition) is 5. The molecule has 1 saturated heterocycles. The molecule has 1 fully saturated rings. The number of carbonyl (C=O) groups excluding carboxylic acids is 2. The van der Waals surface area contributed by atoms with Crippen LogP contribution in [0.15, 0.2) is 29.1 Å². The van der Waals surface area contributed by atoms with Gasteiger partial charge in [-0.25, -0.2) is 4.79 Å². The zero-order chi connectivity index (χ0) is 18.5. The van der Waals surface area contributed by atoms with E-state index in [4.69, 9.17) is 4.74 Å². The van der Waals surface area contributed by atoms with Gasteiger partial charge in [-0.1, -0.05) is 23.7 Å². The van der Waals surface area contributed by atoms with Gasteiger partial charge in [-0.15, -0.1) is 0 Å². The molecular weight excluding hydrogens is 354 g/mol. The predicted octanol–water partition coefficient (Wildman–Crippen LogP) is 2.14. The first-order valence-electron chi connectivity index (χ1n) is 8.88. The molecule has 1 aliphatic rings. The van der Waals surface area contributed by atoms with Gasteiger partial charge in [0.05, 0.1) is 16.7 Å². The summed E-state index contributed by atoms with van der Waals surface area (Å²) in [6.07, 6.45) is 0.716. The highest BCUT2D eigenvalue weighted by atomic mass is 32.1. The first-order valence-corrected chi connectivity index (χ1v) is 9.66. The molecule has 0 N–H and O–H groups in total. The normalized spacial score (nSPS) is 14.7. The summed E-state index contributed by atoms with van der Waals surface area (Å²) < 4.78 is 7.67. The lowest BCUT2D eigenvalue weighted by Crippen LogP contribution is -2.50. The van der Waals surface area contributed by atoms with Crippen LogP contribution in [0.25, 0.3) is 10.1 Å². The van der Waals surface area contributed by atoms with E-state index in [2.05, 4.69) is 0 Å². The number of ether oxygens (including phenoxy) is 1. The van der Waals surface area contributed by atoms with E-state index in [0.717, 1.165) is 10.1 Å². The topological polar surface area (TPSA) is 71.8 Å². The fraction of sp³-hybridized carbons (Fsp3) is 0.500. The highest BCUT2D eigenvalue weighted by Gasteiger charge is 2.24. The Morgan fingerprint density at radius 3 is 2.50 bits per heavy atom. The van der Waals surface area contributed by atoms with E-state index in [1.807, 2.05) is 24.3 Å². The molecule has 0 radical (unpaired) electrons. The third-order valence-electron chi connectivity index (χ3n) is 4.46. The lowest BCUT2D eigenvalue weighted by Gasteiger charge is -2.34. The summed E-state index contributed by atoms with van der Waals surface area (Å²) >= 11 is 1.44. The average molecular weight is 377 g/mol. The molecule has 2 heterocycles. The van der Waals surface area contributed by atoms with E-state index in [1.54, 1.807) is 20.7 Å². The zero-order valence-electron chi connectivity index (χ0n) is 14.8. The van der Waals surface area contributed by atoms with Crippen molar-refractivity contribution < 1.29 is 14.3 Å². The van der Waals surface area contributed by atoms with Crippen LogP contribution in [0.2, 0.25) is 0 Å². The van der Waals surface area contributed by atoms with Crippen LogP contribution in [0.4, 0.5) is 4.79 Å². The molecule has 1 aliphatic heterocycles. The van der Waals surface area contributed by atoms with Crippen molar-refractivity contribution >= 4 is 33.6 Å². The number of piperazine rings is 1. The lowest BCUT2D eigenvalue weighted by atomic mass is 10.2. The van der Waals surface area contributed by atoms with Crippen LogP contribution >= 0.6 is 11.5 Å². The number of aryl methyl sites for hydroxylation is 1. The Hall–Kier alpha value is -2.35. The molecule has 2 amide bonds. The maximum atomic E-state index is 12.4. The van der Waals surface area contributed by atoms with Crippen molar-refractivity contribution in [2.24, 2.45) is 0 Å². The predicted molar refractivity (Wildman–Crippen MR) is 100 cm³/mol. The Balaban J connectivity index is 1.46. The van der Waals surface area contributed by atoms with Gasteiger partial charge >= 0.3 is 6.09 Å². The van der Waals surface area contributed by atoms with Crippen LogP contribution in [0.5, 0.6) is 0 Å². The lowest BCUT2D eigenvalue weighted by molar-refractivity contribution is -0.132. The summed E-state index contributed by atoms with van der Waals surface area (Å²) in [5.41, 5.74) is 0.0149. The van der Waals surface area contributed by atoms with Crippen molar-refractivity contribution in [2.75, 3.05) is 32.8 Å². The van der Waals surface area contributed by atoms with Crippen LogP contribution in [0.3, 0.4) is 0 Å². The van der Waals surface area contributed by atoms with E-state index >= 15 is 0 Å². The van der Waals surface area contributed by atoms with Crippen molar-refractivity contribution in [1.29, 1.82) is 0 Å². The first kappa shape index (κ1) is 18.4. The first-order chi connectivity index (χ1) is 12.6. The number of rotatable bonds is 5. The minimum atomic E-state index is -0.316. The molecule has 0 spiro atoms. The number of fused-ring (bicyclic) bond motifs is 1. The molecule has 1 aromatic carbocycles. The summed E-state index contributed by atoms with van der Waals surface area (Å²) in [5.74, 6) is 0.0719. The Kier molecular flexibility index (Phi) is 5.92. The van der Waals surface area contributed by atoms with Crippen LogP contribution in [-0.4, -0.2) is 58.5 Å². The fourth-order valence-electron chi connectivity index (χ4n) is 3.05. The summed E-state index contributed by atoms with van der Waals surface area (Å²) in [4.78, 5) is 39.7. The van der Waals surface area contributed by atoms with E-state index in [0.29, 0.717) is 52.2 Å². The maximum Gasteiger partial charge on any atom is 0.409 e. The third kappa shape index (κ3) is 4.07. The van der Waals surface area contributed by atoms with E-state index in [-0.39, 0.29) is 17.6 Å². The van der Waals surface area contributed by atoms with Crippen LogP contribution < -0.4 is 5.56 Å². The standard InChI is InChI=1S/C18H23N3O4S/c1-2-25-18(24)20-12-10-19(11-13-20)16(22)8-5-9-21-17(23)14-6-3-4-7-15(14)26-21/h3-4,6-7H,2,5,8-13H2,1H3. The third-order valence-corrected chi connectivity index (χ3v) is 5.58. The van der Waals surface area contributed by atoms with E-state index in [1.165, 1.54) is 11.5 Å². The molecule has 3 rings (SSSR count). The largest absolute Gasteiger partial charge is 0.450 e. The van der Waals surface area contributed by atoms with Crippen molar-refractivity contribution in [3.8, 4) is 0 Å².